The molecule has 0 radical (unpaired) electrons. The van der Waals surface area contributed by atoms with Gasteiger partial charge in [0.05, 0.1) is 5.60 Å². The maximum absolute atomic E-state index is 11.1. The summed E-state index contributed by atoms with van der Waals surface area (Å²) in [5.41, 5.74) is -0.480. The van der Waals surface area contributed by atoms with Crippen LogP contribution in [0.15, 0.2) is 0 Å². The van der Waals surface area contributed by atoms with E-state index in [9.17, 15) is 4.79 Å². The zero-order valence-corrected chi connectivity index (χ0v) is 16.0. The van der Waals surface area contributed by atoms with Gasteiger partial charge in [-0.15, -0.1) is 0 Å². The van der Waals surface area contributed by atoms with Gasteiger partial charge in [0.25, 0.3) is 0 Å². The van der Waals surface area contributed by atoms with Crippen LogP contribution in [0.2, 0.25) is 18.1 Å². The Balaban J connectivity index is 2.17. The first-order valence-electron chi connectivity index (χ1n) is 8.12. The van der Waals surface area contributed by atoms with Gasteiger partial charge in [-0.3, -0.25) is 0 Å². The Morgan fingerprint density at radius 3 is 2.24 bits per heavy atom. The summed E-state index contributed by atoms with van der Waals surface area (Å²) in [6, 6.07) is 0. The van der Waals surface area contributed by atoms with Crippen molar-refractivity contribution in [3.05, 3.63) is 0 Å². The molecule has 2 aliphatic rings. The summed E-state index contributed by atoms with van der Waals surface area (Å²) in [7, 11) is -1.77. The van der Waals surface area contributed by atoms with Crippen LogP contribution in [-0.4, -0.2) is 31.9 Å². The highest BCUT2D eigenvalue weighted by atomic mass is 28.4. The Bertz CT molecular complexity index is 438. The molecule has 2 fully saturated rings. The zero-order valence-electron chi connectivity index (χ0n) is 15.0. The monoisotopic (exact) mass is 312 g/mol. The first-order chi connectivity index (χ1) is 9.30. The summed E-state index contributed by atoms with van der Waals surface area (Å²) in [5, 5.41) is 0.222. The van der Waals surface area contributed by atoms with E-state index in [2.05, 4.69) is 54.6 Å². The number of fused-ring (bicyclic) bond motifs is 1. The van der Waals surface area contributed by atoms with Crippen molar-refractivity contribution in [2.75, 3.05) is 0 Å². The number of hydrogen-bond donors (Lipinski definition) is 0. The van der Waals surface area contributed by atoms with E-state index < -0.39 is 8.32 Å². The summed E-state index contributed by atoms with van der Waals surface area (Å²) < 4.78 is 12.8. The van der Waals surface area contributed by atoms with E-state index in [4.69, 9.17) is 9.16 Å². The van der Waals surface area contributed by atoms with Crippen molar-refractivity contribution < 1.29 is 14.0 Å². The first-order valence-corrected chi connectivity index (χ1v) is 11.0. The third-order valence-corrected chi connectivity index (χ3v) is 10.8. The van der Waals surface area contributed by atoms with Crippen molar-refractivity contribution in [3.63, 3.8) is 0 Å². The van der Waals surface area contributed by atoms with Crippen LogP contribution in [0.3, 0.4) is 0 Å². The highest BCUT2D eigenvalue weighted by Gasteiger charge is 2.75. The van der Waals surface area contributed by atoms with Crippen LogP contribution in [0.5, 0.6) is 0 Å². The molecule has 1 saturated heterocycles. The van der Waals surface area contributed by atoms with Crippen molar-refractivity contribution in [1.29, 1.82) is 0 Å². The molecule has 1 saturated carbocycles. The predicted molar refractivity (Wildman–Crippen MR) is 88.0 cm³/mol. The van der Waals surface area contributed by atoms with Crippen molar-refractivity contribution in [2.24, 2.45) is 5.41 Å². The molecule has 0 aromatic carbocycles. The van der Waals surface area contributed by atoms with E-state index in [1.807, 2.05) is 0 Å². The van der Waals surface area contributed by atoms with E-state index >= 15 is 0 Å². The number of epoxide rings is 1. The summed E-state index contributed by atoms with van der Waals surface area (Å²) >= 11 is 0. The topological polar surface area (TPSA) is 38.8 Å². The molecule has 0 bridgehead atoms. The second-order valence-corrected chi connectivity index (χ2v) is 14.1. The van der Waals surface area contributed by atoms with E-state index in [1.54, 1.807) is 0 Å². The molecule has 3 nitrogen and oxygen atoms in total. The highest BCUT2D eigenvalue weighted by Crippen LogP contribution is 2.67. The van der Waals surface area contributed by atoms with Crippen molar-refractivity contribution in [2.45, 2.75) is 96.2 Å². The largest absolute Gasteiger partial charge is 0.414 e. The molecule has 0 aromatic heterocycles. The SMILES string of the molecule is CC1(C)C[C@H](O[Si](C)(C)C(C)(C)C)C[C@@]2(C)O[C@@]12CC=O. The van der Waals surface area contributed by atoms with Gasteiger partial charge in [0.2, 0.25) is 0 Å². The number of carbonyl (C=O) groups excluding carboxylic acids is 1. The van der Waals surface area contributed by atoms with Crippen molar-refractivity contribution >= 4 is 14.6 Å². The Morgan fingerprint density at radius 1 is 1.24 bits per heavy atom. The van der Waals surface area contributed by atoms with Crippen LogP contribution in [0, 0.1) is 5.41 Å². The molecule has 0 amide bonds. The van der Waals surface area contributed by atoms with Gasteiger partial charge in [-0.2, -0.15) is 0 Å². The molecule has 3 atom stereocenters. The molecular formula is C17H32O3Si. The van der Waals surface area contributed by atoms with E-state index in [1.165, 1.54) is 0 Å². The Labute approximate surface area is 130 Å². The van der Waals surface area contributed by atoms with Gasteiger partial charge < -0.3 is 14.0 Å². The van der Waals surface area contributed by atoms with E-state index in [-0.39, 0.29) is 27.8 Å². The Hall–Kier alpha value is -0.193. The van der Waals surface area contributed by atoms with Gasteiger partial charge in [0.15, 0.2) is 8.32 Å². The number of rotatable bonds is 4. The summed E-state index contributed by atoms with van der Waals surface area (Å²) in [5.74, 6) is 0. The number of ether oxygens (including phenoxy) is 1. The van der Waals surface area contributed by atoms with Crippen LogP contribution in [-0.2, 0) is 14.0 Å². The fraction of sp³-hybridized carbons (Fsp3) is 0.941. The molecule has 0 aromatic rings. The molecule has 0 N–H and O–H groups in total. The van der Waals surface area contributed by atoms with Crippen LogP contribution in [0.25, 0.3) is 0 Å². The van der Waals surface area contributed by atoms with E-state index in [0.717, 1.165) is 19.1 Å². The minimum Gasteiger partial charge on any atom is -0.414 e. The zero-order chi connectivity index (χ0) is 16.3. The summed E-state index contributed by atoms with van der Waals surface area (Å²) in [6.45, 7) is 18.1. The number of hydrogen-bond acceptors (Lipinski definition) is 3. The van der Waals surface area contributed by atoms with Crippen LogP contribution in [0.4, 0.5) is 0 Å². The lowest BCUT2D eigenvalue weighted by atomic mass is 9.62. The van der Waals surface area contributed by atoms with Gasteiger partial charge in [-0.05, 0) is 36.9 Å². The summed E-state index contributed by atoms with van der Waals surface area (Å²) in [4.78, 5) is 11.1. The molecular weight excluding hydrogens is 280 g/mol. The van der Waals surface area contributed by atoms with Crippen LogP contribution in [0.1, 0.15) is 60.8 Å². The standard InChI is InChI=1S/C17H32O3Si/c1-14(2,3)21(7,8)19-13-11-15(4,5)17(9-10-18)16(6,12-13)20-17/h10,13H,9,11-12H2,1-8H3/t13-,16+,17-/m0/s1. The Kier molecular flexibility index (Phi) is 3.80. The van der Waals surface area contributed by atoms with Gasteiger partial charge in [-0.25, -0.2) is 0 Å². The van der Waals surface area contributed by atoms with Crippen LogP contribution >= 0.6 is 0 Å². The molecule has 1 aliphatic carbocycles. The number of aldehydes is 1. The van der Waals surface area contributed by atoms with Gasteiger partial charge in [0.1, 0.15) is 11.9 Å². The minimum absolute atomic E-state index is 0.0199. The summed E-state index contributed by atoms with van der Waals surface area (Å²) in [6.07, 6.45) is 3.65. The lowest BCUT2D eigenvalue weighted by molar-refractivity contribution is -0.110. The average Bonchev–Trinajstić information content (AvgIpc) is 2.82. The molecule has 0 unspecified atom stereocenters. The van der Waals surface area contributed by atoms with Gasteiger partial charge in [-0.1, -0.05) is 34.6 Å². The second-order valence-electron chi connectivity index (χ2n) is 9.32. The maximum atomic E-state index is 11.1. The van der Waals surface area contributed by atoms with Crippen LogP contribution < -0.4 is 0 Å². The highest BCUT2D eigenvalue weighted by molar-refractivity contribution is 6.74. The lowest BCUT2D eigenvalue weighted by Crippen LogP contribution is -2.52. The third kappa shape index (κ3) is 2.53. The predicted octanol–water partition coefficient (Wildman–Crippen LogP) is 4.31. The Morgan fingerprint density at radius 2 is 1.81 bits per heavy atom. The third-order valence-electron chi connectivity index (χ3n) is 6.30. The first kappa shape index (κ1) is 17.2. The fourth-order valence-corrected chi connectivity index (χ4v) is 5.34. The quantitative estimate of drug-likeness (QED) is 0.441. The fourth-order valence-electron chi connectivity index (χ4n) is 3.99. The second kappa shape index (κ2) is 4.65. The number of carbonyl (C=O) groups is 1. The average molecular weight is 313 g/mol. The minimum atomic E-state index is -1.77. The van der Waals surface area contributed by atoms with Gasteiger partial charge in [0, 0.05) is 18.9 Å². The van der Waals surface area contributed by atoms with Gasteiger partial charge >= 0.3 is 0 Å². The van der Waals surface area contributed by atoms with Crippen molar-refractivity contribution in [1.82, 2.24) is 0 Å². The molecule has 4 heteroatoms. The molecule has 2 rings (SSSR count). The van der Waals surface area contributed by atoms with E-state index in [0.29, 0.717) is 6.42 Å². The smallest absolute Gasteiger partial charge is 0.192 e. The maximum Gasteiger partial charge on any atom is 0.192 e. The molecule has 21 heavy (non-hydrogen) atoms. The molecule has 1 aliphatic heterocycles. The molecule has 122 valence electrons. The normalized spacial score (nSPS) is 38.8. The van der Waals surface area contributed by atoms with Crippen molar-refractivity contribution in [3.8, 4) is 0 Å². The molecule has 0 spiro atoms. The molecule has 1 heterocycles. The lowest BCUT2D eigenvalue weighted by Gasteiger charge is -2.46.